The number of alkyl halides is 3. The summed E-state index contributed by atoms with van der Waals surface area (Å²) in [6, 6.07) is 4.51. The van der Waals surface area contributed by atoms with Gasteiger partial charge in [-0.2, -0.15) is 23.1 Å². The molecule has 0 spiro atoms. The number of halogens is 3. The number of pyridine rings is 1. The average Bonchev–Trinajstić information content (AvgIpc) is 2.70. The van der Waals surface area contributed by atoms with E-state index >= 15 is 0 Å². The Kier molecular flexibility index (Phi) is 6.29. The highest BCUT2D eigenvalue weighted by atomic mass is 32.2. The Hall–Kier alpha value is -3.75. The molecular weight excluding hydrogens is 451 g/mol. The van der Waals surface area contributed by atoms with Crippen LogP contribution in [0.1, 0.15) is 11.1 Å². The highest BCUT2D eigenvalue weighted by Crippen LogP contribution is 2.34. The first-order chi connectivity index (χ1) is 14.9. The molecule has 11 nitrogen and oxygen atoms in total. The van der Waals surface area contributed by atoms with Crippen LogP contribution in [-0.2, 0) is 22.7 Å². The molecule has 15 heteroatoms. The lowest BCUT2D eigenvalue weighted by Gasteiger charge is -2.20. The zero-order valence-corrected chi connectivity index (χ0v) is 17.6. The Labute approximate surface area is 181 Å². The molecule has 0 aliphatic carbocycles. The van der Waals surface area contributed by atoms with Crippen LogP contribution >= 0.6 is 0 Å². The molecule has 170 valence electrons. The van der Waals surface area contributed by atoms with Crippen LogP contribution in [0.25, 0.3) is 0 Å². The number of nitrogens with two attached hydrogens (primary N) is 1. The van der Waals surface area contributed by atoms with Gasteiger partial charge in [-0.25, -0.2) is 23.4 Å². The van der Waals surface area contributed by atoms with E-state index in [0.717, 1.165) is 10.6 Å². The van der Waals surface area contributed by atoms with Crippen molar-refractivity contribution in [2.24, 2.45) is 0 Å². The Balaban J connectivity index is 1.92. The van der Waals surface area contributed by atoms with Crippen molar-refractivity contribution in [2.75, 3.05) is 34.0 Å². The number of sulfonamides is 1. The third kappa shape index (κ3) is 5.48. The molecule has 0 radical (unpaired) electrons. The lowest BCUT2D eigenvalue weighted by atomic mass is 10.2. The van der Waals surface area contributed by atoms with Crippen molar-refractivity contribution >= 4 is 39.4 Å². The summed E-state index contributed by atoms with van der Waals surface area (Å²) < 4.78 is 65.1. The van der Waals surface area contributed by atoms with Gasteiger partial charge in [-0.1, -0.05) is 6.07 Å². The fourth-order valence-corrected chi connectivity index (χ4v) is 3.01. The Morgan fingerprint density at radius 3 is 2.53 bits per heavy atom. The molecule has 0 saturated heterocycles. The smallest absolute Gasteiger partial charge is 0.368 e. The van der Waals surface area contributed by atoms with Crippen LogP contribution in [0.4, 0.5) is 42.5 Å². The van der Waals surface area contributed by atoms with E-state index < -0.39 is 27.6 Å². The molecule has 0 amide bonds. The van der Waals surface area contributed by atoms with Gasteiger partial charge in [0.2, 0.25) is 21.9 Å². The van der Waals surface area contributed by atoms with E-state index in [9.17, 15) is 21.6 Å². The van der Waals surface area contributed by atoms with Crippen LogP contribution in [-0.4, -0.2) is 46.6 Å². The van der Waals surface area contributed by atoms with Crippen LogP contribution in [0.5, 0.6) is 0 Å². The number of rotatable bonds is 7. The lowest BCUT2D eigenvalue weighted by Crippen LogP contribution is -2.27. The molecule has 0 atom stereocenters. The van der Waals surface area contributed by atoms with Crippen molar-refractivity contribution in [3.63, 3.8) is 0 Å². The minimum absolute atomic E-state index is 0.0423. The van der Waals surface area contributed by atoms with E-state index in [-0.39, 0.29) is 30.1 Å². The van der Waals surface area contributed by atoms with Gasteiger partial charge in [0.25, 0.3) is 0 Å². The van der Waals surface area contributed by atoms with Gasteiger partial charge in [0, 0.05) is 37.7 Å². The van der Waals surface area contributed by atoms with Crippen LogP contribution in [0.2, 0.25) is 0 Å². The second-order valence-corrected chi connectivity index (χ2v) is 8.46. The molecule has 0 aromatic carbocycles. The minimum atomic E-state index is -4.73. The number of nitrogens with one attached hydrogen (secondary N) is 2. The van der Waals surface area contributed by atoms with E-state index in [1.165, 1.54) is 37.6 Å². The van der Waals surface area contributed by atoms with Gasteiger partial charge in [-0.15, -0.1) is 0 Å². The van der Waals surface area contributed by atoms with Crippen molar-refractivity contribution in [1.82, 2.24) is 24.9 Å². The van der Waals surface area contributed by atoms with Crippen LogP contribution in [0.15, 0.2) is 36.8 Å². The molecule has 3 heterocycles. The van der Waals surface area contributed by atoms with Gasteiger partial charge in [0.05, 0.1) is 6.26 Å². The maximum absolute atomic E-state index is 13.5. The third-order valence-electron chi connectivity index (χ3n) is 4.12. The standard InChI is InChI=1S/C17H18F3N9O2S/c1-29(32(2,30)31)14-10(4-3-6-22-14)8-24-13-11(17(18,19)20)9-25-16(28-13)27-12-5-7-23-15(21)26-12/h3-7,9H,8H2,1-2H3,(H4,21,23,24,25,26,27,28). The summed E-state index contributed by atoms with van der Waals surface area (Å²) in [4.78, 5) is 19.2. The maximum atomic E-state index is 13.5. The van der Waals surface area contributed by atoms with Crippen molar-refractivity contribution < 1.29 is 21.6 Å². The van der Waals surface area contributed by atoms with E-state index in [1.54, 1.807) is 0 Å². The van der Waals surface area contributed by atoms with E-state index in [1.807, 2.05) is 0 Å². The van der Waals surface area contributed by atoms with Gasteiger partial charge in [-0.3, -0.25) is 4.31 Å². The first-order valence-corrected chi connectivity index (χ1v) is 10.7. The molecule has 0 bridgehead atoms. The highest BCUT2D eigenvalue weighted by Gasteiger charge is 2.35. The number of hydrogen-bond acceptors (Lipinski definition) is 10. The first kappa shape index (κ1) is 22.9. The molecule has 0 fully saturated rings. The van der Waals surface area contributed by atoms with Crippen molar-refractivity contribution in [2.45, 2.75) is 12.7 Å². The Bertz CT molecular complexity index is 1220. The van der Waals surface area contributed by atoms with E-state index in [0.29, 0.717) is 11.8 Å². The van der Waals surface area contributed by atoms with E-state index in [4.69, 9.17) is 5.73 Å². The van der Waals surface area contributed by atoms with Gasteiger partial charge in [-0.05, 0) is 12.1 Å². The normalized spacial score (nSPS) is 11.8. The van der Waals surface area contributed by atoms with Crippen molar-refractivity contribution in [1.29, 1.82) is 0 Å². The maximum Gasteiger partial charge on any atom is 0.421 e. The second kappa shape index (κ2) is 8.78. The summed E-state index contributed by atoms with van der Waals surface area (Å²) in [5.41, 5.74) is 4.72. The summed E-state index contributed by atoms with van der Waals surface area (Å²) in [6.07, 6.45) is -0.392. The third-order valence-corrected chi connectivity index (χ3v) is 5.29. The predicted octanol–water partition coefficient (Wildman–Crippen LogP) is 2.01. The zero-order chi connectivity index (χ0) is 23.5. The summed E-state index contributed by atoms with van der Waals surface area (Å²) in [7, 11) is -2.34. The Morgan fingerprint density at radius 1 is 1.12 bits per heavy atom. The number of nitrogen functional groups attached to an aromatic ring is 1. The molecule has 3 aromatic rings. The average molecular weight is 469 g/mol. The van der Waals surface area contributed by atoms with Crippen molar-refractivity contribution in [3.8, 4) is 0 Å². The summed E-state index contributed by atoms with van der Waals surface area (Å²) in [6.45, 7) is -0.191. The molecule has 3 aromatic heterocycles. The monoisotopic (exact) mass is 469 g/mol. The van der Waals surface area contributed by atoms with E-state index in [2.05, 4.69) is 35.6 Å². The fraction of sp³-hybridized carbons (Fsp3) is 0.235. The summed E-state index contributed by atoms with van der Waals surface area (Å²) >= 11 is 0. The molecular formula is C17H18F3N9O2S. The molecule has 0 unspecified atom stereocenters. The Morgan fingerprint density at radius 2 is 1.88 bits per heavy atom. The molecule has 0 aliphatic rings. The van der Waals surface area contributed by atoms with Crippen LogP contribution in [0, 0.1) is 0 Å². The van der Waals surface area contributed by atoms with Gasteiger partial charge in [0.15, 0.2) is 0 Å². The minimum Gasteiger partial charge on any atom is -0.368 e. The zero-order valence-electron chi connectivity index (χ0n) is 16.8. The van der Waals surface area contributed by atoms with Crippen LogP contribution in [0.3, 0.4) is 0 Å². The predicted molar refractivity (Wildman–Crippen MR) is 112 cm³/mol. The molecule has 0 aliphatic heterocycles. The molecule has 3 rings (SSSR count). The van der Waals surface area contributed by atoms with Crippen LogP contribution < -0.4 is 20.7 Å². The number of hydrogen-bond donors (Lipinski definition) is 3. The number of anilines is 5. The van der Waals surface area contributed by atoms with Gasteiger partial charge in [0.1, 0.15) is 23.0 Å². The van der Waals surface area contributed by atoms with Gasteiger partial charge >= 0.3 is 6.18 Å². The molecule has 0 saturated carbocycles. The molecule has 4 N–H and O–H groups in total. The lowest BCUT2D eigenvalue weighted by molar-refractivity contribution is -0.137. The fourth-order valence-electron chi connectivity index (χ4n) is 2.53. The summed E-state index contributed by atoms with van der Waals surface area (Å²) in [5, 5.41) is 5.24. The highest BCUT2D eigenvalue weighted by molar-refractivity contribution is 7.92. The largest absolute Gasteiger partial charge is 0.421 e. The number of aromatic nitrogens is 5. The topological polar surface area (TPSA) is 152 Å². The molecule has 32 heavy (non-hydrogen) atoms. The SMILES string of the molecule is CN(c1ncccc1CNc1nc(Nc2ccnc(N)n2)ncc1C(F)(F)F)S(C)(=O)=O. The van der Waals surface area contributed by atoms with Crippen molar-refractivity contribution in [3.05, 3.63) is 47.9 Å². The summed E-state index contributed by atoms with van der Waals surface area (Å²) in [5.74, 6) is -0.473. The van der Waals surface area contributed by atoms with Gasteiger partial charge < -0.3 is 16.4 Å². The quantitative estimate of drug-likeness (QED) is 0.468. The second-order valence-electron chi connectivity index (χ2n) is 6.45. The number of nitrogens with zero attached hydrogens (tertiary/aromatic N) is 6. The first-order valence-electron chi connectivity index (χ1n) is 8.86.